The quantitative estimate of drug-likeness (QED) is 0.300. The van der Waals surface area contributed by atoms with Gasteiger partial charge in [0, 0.05) is 41.9 Å². The molecule has 0 spiro atoms. The molecule has 8 heteroatoms. The van der Waals surface area contributed by atoms with Crippen LogP contribution >= 0.6 is 0 Å². The number of ether oxygens (including phenoxy) is 1. The number of nitrogens with zero attached hydrogens (tertiary/aromatic N) is 3. The molecule has 3 N–H and O–H groups in total. The molecule has 2 fully saturated rings. The maximum absolute atomic E-state index is 13.2. The number of benzene rings is 1. The Balaban J connectivity index is 1.41. The topological polar surface area (TPSA) is 105 Å². The Kier molecular flexibility index (Phi) is 7.56. The van der Waals surface area contributed by atoms with Crippen molar-refractivity contribution in [3.63, 3.8) is 0 Å². The molecule has 34 heavy (non-hydrogen) atoms. The Bertz CT molecular complexity index is 1060. The van der Waals surface area contributed by atoms with Crippen molar-refractivity contribution < 1.29 is 14.3 Å². The molecule has 2 heterocycles. The Morgan fingerprint density at radius 1 is 1.18 bits per heavy atom. The zero-order valence-corrected chi connectivity index (χ0v) is 20.4. The van der Waals surface area contributed by atoms with Gasteiger partial charge < -0.3 is 19.9 Å². The summed E-state index contributed by atoms with van der Waals surface area (Å²) in [7, 11) is 0. The Labute approximate surface area is 201 Å². The van der Waals surface area contributed by atoms with Gasteiger partial charge in [-0.25, -0.2) is 0 Å². The summed E-state index contributed by atoms with van der Waals surface area (Å²) in [6.45, 7) is 6.43. The number of aromatic nitrogens is 1. The van der Waals surface area contributed by atoms with Crippen LogP contribution in [0.2, 0.25) is 0 Å². The molecule has 4 rings (SSSR count). The van der Waals surface area contributed by atoms with Gasteiger partial charge in [-0.3, -0.25) is 19.9 Å². The maximum atomic E-state index is 13.2. The molecular formula is C26H37N5O3. The first kappa shape index (κ1) is 24.3. The van der Waals surface area contributed by atoms with Crippen molar-refractivity contribution >= 4 is 28.6 Å². The Hall–Kier alpha value is -2.87. The van der Waals surface area contributed by atoms with E-state index < -0.39 is 0 Å². The molecule has 1 atom stereocenters. The molecule has 0 bridgehead atoms. The van der Waals surface area contributed by atoms with Crippen molar-refractivity contribution in [3.8, 4) is 0 Å². The number of amides is 1. The number of nitrogen functional groups attached to an aromatic ring is 1. The zero-order chi connectivity index (χ0) is 24.2. The molecule has 1 aromatic heterocycles. The number of esters is 1. The van der Waals surface area contributed by atoms with E-state index >= 15 is 0 Å². The highest BCUT2D eigenvalue weighted by Crippen LogP contribution is 2.29. The maximum Gasteiger partial charge on any atom is 0.320 e. The van der Waals surface area contributed by atoms with Crippen LogP contribution in [-0.4, -0.2) is 70.4 Å². The minimum absolute atomic E-state index is 0.0793. The third kappa shape index (κ3) is 5.43. The van der Waals surface area contributed by atoms with E-state index in [2.05, 4.69) is 17.6 Å². The molecule has 0 unspecified atom stereocenters. The van der Waals surface area contributed by atoms with Crippen molar-refractivity contribution in [2.75, 3.05) is 26.2 Å². The van der Waals surface area contributed by atoms with Gasteiger partial charge in [0.1, 0.15) is 5.84 Å². The van der Waals surface area contributed by atoms with Crippen LogP contribution in [0, 0.1) is 5.41 Å². The highest BCUT2D eigenvalue weighted by molar-refractivity contribution is 5.98. The van der Waals surface area contributed by atoms with Crippen LogP contribution in [0.3, 0.4) is 0 Å². The molecule has 184 valence electrons. The van der Waals surface area contributed by atoms with Crippen LogP contribution in [0.4, 0.5) is 0 Å². The molecule has 1 saturated carbocycles. The number of carbonyl (C=O) groups excluding carboxylic acids is 2. The van der Waals surface area contributed by atoms with Gasteiger partial charge in [0.05, 0.1) is 19.7 Å². The van der Waals surface area contributed by atoms with Crippen LogP contribution in [-0.2, 0) is 27.3 Å². The number of aryl methyl sites for hydroxylation is 2. The summed E-state index contributed by atoms with van der Waals surface area (Å²) in [5.74, 6) is -0.0445. The first-order chi connectivity index (χ1) is 16.4. The van der Waals surface area contributed by atoms with E-state index in [0.29, 0.717) is 19.2 Å². The molecule has 2 aromatic rings. The molecule has 1 amide bonds. The minimum atomic E-state index is -0.250. The van der Waals surface area contributed by atoms with Gasteiger partial charge >= 0.3 is 5.97 Å². The highest BCUT2D eigenvalue weighted by atomic mass is 16.5. The first-order valence-electron chi connectivity index (χ1n) is 12.6. The summed E-state index contributed by atoms with van der Waals surface area (Å²) in [6, 6.07) is 8.70. The number of amidine groups is 1. The van der Waals surface area contributed by atoms with Crippen LogP contribution in [0.1, 0.15) is 57.2 Å². The largest absolute Gasteiger partial charge is 0.465 e. The van der Waals surface area contributed by atoms with Crippen molar-refractivity contribution in [3.05, 3.63) is 35.5 Å². The molecule has 1 aliphatic heterocycles. The number of likely N-dealkylation sites (tertiary alicyclic amines) is 1. The summed E-state index contributed by atoms with van der Waals surface area (Å²) in [4.78, 5) is 29.2. The fourth-order valence-corrected chi connectivity index (χ4v) is 5.23. The minimum Gasteiger partial charge on any atom is -0.465 e. The first-order valence-corrected chi connectivity index (χ1v) is 12.6. The molecule has 1 aliphatic carbocycles. The third-order valence-electron chi connectivity index (χ3n) is 7.09. The van der Waals surface area contributed by atoms with Crippen molar-refractivity contribution in [2.45, 2.75) is 71.0 Å². The fourth-order valence-electron chi connectivity index (χ4n) is 5.23. The zero-order valence-electron chi connectivity index (χ0n) is 20.4. The predicted molar refractivity (Wildman–Crippen MR) is 133 cm³/mol. The number of nitrogens with one attached hydrogen (secondary N) is 1. The average Bonchev–Trinajstić information content (AvgIpc) is 3.44. The lowest BCUT2D eigenvalue weighted by atomic mass is 10.1. The van der Waals surface area contributed by atoms with E-state index in [0.717, 1.165) is 68.1 Å². The second-order valence-electron chi connectivity index (χ2n) is 9.43. The summed E-state index contributed by atoms with van der Waals surface area (Å²) >= 11 is 0. The van der Waals surface area contributed by atoms with Gasteiger partial charge in [0.25, 0.3) is 0 Å². The third-order valence-corrected chi connectivity index (χ3v) is 7.09. The average molecular weight is 468 g/mol. The second-order valence-corrected chi connectivity index (χ2v) is 9.43. The van der Waals surface area contributed by atoms with Crippen LogP contribution < -0.4 is 5.73 Å². The summed E-state index contributed by atoms with van der Waals surface area (Å²) in [5.41, 5.74) is 8.78. The number of carbonyl (C=O) groups is 2. The van der Waals surface area contributed by atoms with Crippen LogP contribution in [0.25, 0.3) is 10.9 Å². The number of fused-ring (bicyclic) bond motifs is 1. The van der Waals surface area contributed by atoms with E-state index in [1.807, 2.05) is 28.0 Å². The lowest BCUT2D eigenvalue weighted by Crippen LogP contribution is -2.45. The van der Waals surface area contributed by atoms with Gasteiger partial charge in [-0.15, -0.1) is 0 Å². The standard InChI is InChI=1S/C26H37N5O3/c1-3-30-22(14-18-7-8-19(26(27)28)15-23(18)30)12-11-21-6-5-13-31(21)24(32)16-29(20-9-10-20)17-25(33)34-4-2/h7-8,14-15,20-21H,3-6,9-13,16-17H2,1-2H3,(H3,27,28)/t21-/m0/s1. The SMILES string of the molecule is CCOC(=O)CN(CC(=O)N1CCC[C@H]1CCc1cc2ccc(C(=N)N)cc2n1CC)C1CC1. The number of nitrogens with two attached hydrogens (primary N) is 1. The predicted octanol–water partition coefficient (Wildman–Crippen LogP) is 2.90. The van der Waals surface area contributed by atoms with Gasteiger partial charge in [-0.1, -0.05) is 12.1 Å². The van der Waals surface area contributed by atoms with Crippen LogP contribution in [0.5, 0.6) is 0 Å². The number of rotatable bonds is 11. The van der Waals surface area contributed by atoms with Gasteiger partial charge in [0.2, 0.25) is 5.91 Å². The van der Waals surface area contributed by atoms with E-state index in [1.54, 1.807) is 6.92 Å². The molecule has 2 aliphatic rings. The van der Waals surface area contributed by atoms with Crippen molar-refractivity contribution in [1.29, 1.82) is 5.41 Å². The van der Waals surface area contributed by atoms with Gasteiger partial charge in [-0.2, -0.15) is 0 Å². The number of hydrogen-bond donors (Lipinski definition) is 2. The van der Waals surface area contributed by atoms with Crippen molar-refractivity contribution in [2.24, 2.45) is 5.73 Å². The lowest BCUT2D eigenvalue weighted by molar-refractivity contribution is -0.145. The van der Waals surface area contributed by atoms with Gasteiger partial charge in [-0.05, 0) is 69.9 Å². The lowest BCUT2D eigenvalue weighted by Gasteiger charge is -2.28. The van der Waals surface area contributed by atoms with Crippen LogP contribution in [0.15, 0.2) is 24.3 Å². The highest BCUT2D eigenvalue weighted by Gasteiger charge is 2.35. The molecule has 1 aromatic carbocycles. The Morgan fingerprint density at radius 3 is 2.65 bits per heavy atom. The summed E-state index contributed by atoms with van der Waals surface area (Å²) in [5, 5.41) is 8.89. The monoisotopic (exact) mass is 467 g/mol. The second kappa shape index (κ2) is 10.6. The molecule has 8 nitrogen and oxygen atoms in total. The summed E-state index contributed by atoms with van der Waals surface area (Å²) in [6.07, 6.45) is 5.95. The molecular weight excluding hydrogens is 430 g/mol. The van der Waals surface area contributed by atoms with E-state index in [4.69, 9.17) is 15.9 Å². The smallest absolute Gasteiger partial charge is 0.320 e. The van der Waals surface area contributed by atoms with Crippen molar-refractivity contribution in [1.82, 2.24) is 14.4 Å². The van der Waals surface area contributed by atoms with Gasteiger partial charge in [0.15, 0.2) is 0 Å². The van der Waals surface area contributed by atoms with E-state index in [-0.39, 0.29) is 30.3 Å². The fraction of sp³-hybridized carbons (Fsp3) is 0.577. The molecule has 0 radical (unpaired) electrons. The van der Waals surface area contributed by atoms with E-state index in [9.17, 15) is 9.59 Å². The Morgan fingerprint density at radius 2 is 1.97 bits per heavy atom. The van der Waals surface area contributed by atoms with E-state index in [1.165, 1.54) is 5.69 Å². The number of hydrogen-bond acceptors (Lipinski definition) is 5. The molecule has 1 saturated heterocycles. The normalized spacial score (nSPS) is 18.1. The summed E-state index contributed by atoms with van der Waals surface area (Å²) < 4.78 is 7.40.